The van der Waals surface area contributed by atoms with Crippen molar-refractivity contribution in [3.05, 3.63) is 65.5 Å². The number of sulfonamides is 1. The van der Waals surface area contributed by atoms with Crippen LogP contribution in [0.3, 0.4) is 0 Å². The number of hydrogen-bond donors (Lipinski definition) is 1. The number of nitrogens with zero attached hydrogens (tertiary/aromatic N) is 2. The molecule has 1 amide bonds. The molecule has 128 valence electrons. The number of aromatic nitrogens is 1. The van der Waals surface area contributed by atoms with Crippen LogP contribution in [0.15, 0.2) is 48.8 Å². The summed E-state index contributed by atoms with van der Waals surface area (Å²) in [5, 5.41) is 2.77. The SMILES string of the molecule is Cc1ccccc1C(=O)NCCN(Cc1cccnc1)S(C)(=O)=O. The zero-order chi connectivity index (χ0) is 17.6. The summed E-state index contributed by atoms with van der Waals surface area (Å²) in [6.07, 6.45) is 4.42. The standard InChI is InChI=1S/C17H21N3O3S/c1-14-6-3-4-8-16(14)17(21)19-10-11-20(24(2,22)23)13-15-7-5-9-18-12-15/h3-9,12H,10-11,13H2,1-2H3,(H,19,21). The maximum absolute atomic E-state index is 12.2. The quantitative estimate of drug-likeness (QED) is 0.825. The molecule has 1 aromatic carbocycles. The molecule has 0 aliphatic rings. The molecular formula is C17H21N3O3S. The minimum atomic E-state index is -3.38. The smallest absolute Gasteiger partial charge is 0.251 e. The van der Waals surface area contributed by atoms with E-state index in [9.17, 15) is 13.2 Å². The third kappa shape index (κ3) is 5.14. The van der Waals surface area contributed by atoms with E-state index in [1.807, 2.05) is 25.1 Å². The second-order valence-electron chi connectivity index (χ2n) is 5.53. The summed E-state index contributed by atoms with van der Waals surface area (Å²) in [6.45, 7) is 2.53. The monoisotopic (exact) mass is 347 g/mol. The highest BCUT2D eigenvalue weighted by Crippen LogP contribution is 2.08. The van der Waals surface area contributed by atoms with Crippen molar-refractivity contribution in [3.63, 3.8) is 0 Å². The normalized spacial score (nSPS) is 11.5. The van der Waals surface area contributed by atoms with Crippen LogP contribution in [0.5, 0.6) is 0 Å². The third-order valence-corrected chi connectivity index (χ3v) is 4.84. The molecule has 0 aliphatic heterocycles. The number of rotatable bonds is 7. The van der Waals surface area contributed by atoms with Gasteiger partial charge in [0, 0.05) is 37.6 Å². The summed E-state index contributed by atoms with van der Waals surface area (Å²) in [7, 11) is -3.38. The highest BCUT2D eigenvalue weighted by atomic mass is 32.2. The van der Waals surface area contributed by atoms with Gasteiger partial charge in [0.15, 0.2) is 0 Å². The van der Waals surface area contributed by atoms with E-state index in [0.29, 0.717) is 5.56 Å². The molecule has 0 radical (unpaired) electrons. The fourth-order valence-electron chi connectivity index (χ4n) is 2.27. The lowest BCUT2D eigenvalue weighted by atomic mass is 10.1. The predicted octanol–water partition coefficient (Wildman–Crippen LogP) is 1.58. The highest BCUT2D eigenvalue weighted by molar-refractivity contribution is 7.88. The van der Waals surface area contributed by atoms with Gasteiger partial charge in [0.25, 0.3) is 5.91 Å². The van der Waals surface area contributed by atoms with Crippen LogP contribution in [-0.4, -0.2) is 43.0 Å². The summed E-state index contributed by atoms with van der Waals surface area (Å²) in [6, 6.07) is 10.8. The molecule has 24 heavy (non-hydrogen) atoms. The number of nitrogens with one attached hydrogen (secondary N) is 1. The van der Waals surface area contributed by atoms with Gasteiger partial charge in [-0.1, -0.05) is 24.3 Å². The fourth-order valence-corrected chi connectivity index (χ4v) is 3.08. The molecule has 0 unspecified atom stereocenters. The number of amides is 1. The molecule has 0 bridgehead atoms. The van der Waals surface area contributed by atoms with E-state index >= 15 is 0 Å². The molecule has 1 heterocycles. The van der Waals surface area contributed by atoms with Crippen molar-refractivity contribution in [3.8, 4) is 0 Å². The molecule has 0 saturated heterocycles. The van der Waals surface area contributed by atoms with Gasteiger partial charge in [-0.15, -0.1) is 0 Å². The van der Waals surface area contributed by atoms with Crippen molar-refractivity contribution in [1.82, 2.24) is 14.6 Å². The molecule has 2 aromatic rings. The minimum Gasteiger partial charge on any atom is -0.351 e. The Morgan fingerprint density at radius 1 is 1.21 bits per heavy atom. The van der Waals surface area contributed by atoms with E-state index in [1.165, 1.54) is 4.31 Å². The number of carbonyl (C=O) groups excluding carboxylic acids is 1. The van der Waals surface area contributed by atoms with Crippen molar-refractivity contribution in [2.75, 3.05) is 19.3 Å². The topological polar surface area (TPSA) is 79.4 Å². The van der Waals surface area contributed by atoms with Crippen molar-refractivity contribution in [2.45, 2.75) is 13.5 Å². The zero-order valence-corrected chi connectivity index (χ0v) is 14.6. The first kappa shape index (κ1) is 18.1. The van der Waals surface area contributed by atoms with Crippen LogP contribution < -0.4 is 5.32 Å². The van der Waals surface area contributed by atoms with Gasteiger partial charge in [0.05, 0.1) is 6.26 Å². The Balaban J connectivity index is 1.96. The predicted molar refractivity (Wildman–Crippen MR) is 93.0 cm³/mol. The fraction of sp³-hybridized carbons (Fsp3) is 0.294. The molecule has 0 saturated carbocycles. The lowest BCUT2D eigenvalue weighted by molar-refractivity contribution is 0.0951. The molecule has 0 spiro atoms. The van der Waals surface area contributed by atoms with Crippen LogP contribution in [0, 0.1) is 6.92 Å². The van der Waals surface area contributed by atoms with E-state index in [-0.39, 0.29) is 25.5 Å². The number of aryl methyl sites for hydroxylation is 1. The van der Waals surface area contributed by atoms with Gasteiger partial charge in [-0.25, -0.2) is 8.42 Å². The molecule has 1 N–H and O–H groups in total. The van der Waals surface area contributed by atoms with Crippen molar-refractivity contribution in [2.24, 2.45) is 0 Å². The van der Waals surface area contributed by atoms with Crippen LogP contribution in [0.4, 0.5) is 0 Å². The lowest BCUT2D eigenvalue weighted by Gasteiger charge is -2.20. The van der Waals surface area contributed by atoms with Gasteiger partial charge < -0.3 is 5.32 Å². The van der Waals surface area contributed by atoms with E-state index in [4.69, 9.17) is 0 Å². The first-order valence-corrected chi connectivity index (χ1v) is 9.40. The summed E-state index contributed by atoms with van der Waals surface area (Å²) in [4.78, 5) is 16.2. The maximum atomic E-state index is 12.2. The summed E-state index contributed by atoms with van der Waals surface area (Å²) >= 11 is 0. The number of benzene rings is 1. The van der Waals surface area contributed by atoms with Crippen LogP contribution >= 0.6 is 0 Å². The highest BCUT2D eigenvalue weighted by Gasteiger charge is 2.17. The Bertz CT molecular complexity index is 792. The first-order valence-electron chi connectivity index (χ1n) is 7.56. The minimum absolute atomic E-state index is 0.200. The van der Waals surface area contributed by atoms with E-state index in [1.54, 1.807) is 30.6 Å². The summed E-state index contributed by atoms with van der Waals surface area (Å²) in [5.74, 6) is -0.206. The Hall–Kier alpha value is -2.25. The molecular weight excluding hydrogens is 326 g/mol. The molecule has 6 nitrogen and oxygen atoms in total. The number of carbonyl (C=O) groups is 1. The van der Waals surface area contributed by atoms with Gasteiger partial charge in [0.2, 0.25) is 10.0 Å². The van der Waals surface area contributed by atoms with Gasteiger partial charge in [-0.3, -0.25) is 9.78 Å². The van der Waals surface area contributed by atoms with Crippen LogP contribution in [0.2, 0.25) is 0 Å². The molecule has 0 atom stereocenters. The number of pyridine rings is 1. The van der Waals surface area contributed by atoms with E-state index in [2.05, 4.69) is 10.3 Å². The molecule has 0 aliphatic carbocycles. The van der Waals surface area contributed by atoms with E-state index < -0.39 is 10.0 Å². The molecule has 7 heteroatoms. The second kappa shape index (κ2) is 8.03. The molecule has 2 rings (SSSR count). The zero-order valence-electron chi connectivity index (χ0n) is 13.8. The van der Waals surface area contributed by atoms with Crippen LogP contribution in [0.25, 0.3) is 0 Å². The lowest BCUT2D eigenvalue weighted by Crippen LogP contribution is -2.37. The van der Waals surface area contributed by atoms with Gasteiger partial charge in [-0.2, -0.15) is 4.31 Å². The summed E-state index contributed by atoms with van der Waals surface area (Å²) < 4.78 is 25.2. The largest absolute Gasteiger partial charge is 0.351 e. The van der Waals surface area contributed by atoms with Crippen LogP contribution in [0.1, 0.15) is 21.5 Å². The second-order valence-corrected chi connectivity index (χ2v) is 7.51. The Morgan fingerprint density at radius 3 is 2.58 bits per heavy atom. The van der Waals surface area contributed by atoms with E-state index in [0.717, 1.165) is 17.4 Å². The van der Waals surface area contributed by atoms with Crippen molar-refractivity contribution < 1.29 is 13.2 Å². The third-order valence-electron chi connectivity index (χ3n) is 3.59. The maximum Gasteiger partial charge on any atom is 0.251 e. The average Bonchev–Trinajstić information content (AvgIpc) is 2.54. The Kier molecular flexibility index (Phi) is 6.05. The Labute approximate surface area is 142 Å². The first-order chi connectivity index (χ1) is 11.4. The molecule has 1 aromatic heterocycles. The van der Waals surface area contributed by atoms with Gasteiger partial charge in [0.1, 0.15) is 0 Å². The van der Waals surface area contributed by atoms with Crippen molar-refractivity contribution in [1.29, 1.82) is 0 Å². The van der Waals surface area contributed by atoms with Gasteiger partial charge >= 0.3 is 0 Å². The van der Waals surface area contributed by atoms with Gasteiger partial charge in [-0.05, 0) is 30.2 Å². The summed E-state index contributed by atoms with van der Waals surface area (Å²) in [5.41, 5.74) is 2.27. The van der Waals surface area contributed by atoms with Crippen LogP contribution in [-0.2, 0) is 16.6 Å². The average molecular weight is 347 g/mol. The number of hydrogen-bond acceptors (Lipinski definition) is 4. The Morgan fingerprint density at radius 2 is 1.96 bits per heavy atom. The molecule has 0 fully saturated rings. The van der Waals surface area contributed by atoms with Crippen molar-refractivity contribution >= 4 is 15.9 Å².